The van der Waals surface area contributed by atoms with Crippen LogP contribution in [0.5, 0.6) is 0 Å². The summed E-state index contributed by atoms with van der Waals surface area (Å²) in [5, 5.41) is 18.9. The first kappa shape index (κ1) is 22.1. The highest BCUT2D eigenvalue weighted by Crippen LogP contribution is 2.30. The zero-order valence-electron chi connectivity index (χ0n) is 16.0. The lowest BCUT2D eigenvalue weighted by atomic mass is 9.89. The summed E-state index contributed by atoms with van der Waals surface area (Å²) in [5.74, 6) is -0.711. The van der Waals surface area contributed by atoms with Crippen molar-refractivity contribution in [3.63, 3.8) is 0 Å². The van der Waals surface area contributed by atoms with Crippen LogP contribution in [-0.2, 0) is 10.0 Å². The number of carbonyl (C=O) groups is 1. The number of H-pyrrole nitrogens is 1. The second kappa shape index (κ2) is 9.07. The van der Waals surface area contributed by atoms with Gasteiger partial charge in [-0.25, -0.2) is 13.1 Å². The van der Waals surface area contributed by atoms with E-state index in [2.05, 4.69) is 20.1 Å². The van der Waals surface area contributed by atoms with Gasteiger partial charge in [0.05, 0.1) is 23.5 Å². The van der Waals surface area contributed by atoms with Gasteiger partial charge < -0.3 is 4.90 Å². The molecule has 160 valence electrons. The average Bonchev–Trinajstić information content (AvgIpc) is 3.37. The van der Waals surface area contributed by atoms with E-state index in [1.165, 1.54) is 24.4 Å². The molecule has 1 saturated heterocycles. The minimum absolute atomic E-state index is 0.0154. The number of hydrogen-bond acceptors (Lipinski definition) is 6. The van der Waals surface area contributed by atoms with Crippen LogP contribution in [0.2, 0.25) is 5.02 Å². The van der Waals surface area contributed by atoms with E-state index >= 15 is 0 Å². The highest BCUT2D eigenvalue weighted by atomic mass is 35.5. The van der Waals surface area contributed by atoms with Gasteiger partial charge >= 0.3 is 0 Å². The van der Waals surface area contributed by atoms with E-state index in [0.29, 0.717) is 6.54 Å². The molecule has 0 radical (unpaired) electrons. The van der Waals surface area contributed by atoms with Crippen molar-refractivity contribution >= 4 is 27.5 Å². The van der Waals surface area contributed by atoms with Crippen molar-refractivity contribution < 1.29 is 17.6 Å². The Hall–Kier alpha value is -2.55. The van der Waals surface area contributed by atoms with Gasteiger partial charge in [-0.15, -0.1) is 5.10 Å². The molecule has 0 spiro atoms. The molecule has 3 atom stereocenters. The third-order valence-electron chi connectivity index (χ3n) is 5.22. The Kier molecular flexibility index (Phi) is 6.70. The fourth-order valence-corrected chi connectivity index (χ4v) is 5.50. The van der Waals surface area contributed by atoms with Crippen LogP contribution in [0.4, 0.5) is 4.39 Å². The number of halogens is 2. The molecule has 1 aliphatic heterocycles. The number of likely N-dealkylation sites (tertiary alicyclic amines) is 1. The summed E-state index contributed by atoms with van der Waals surface area (Å²) < 4.78 is 41.7. The molecule has 0 unspecified atom stereocenters. The third kappa shape index (κ3) is 4.45. The lowest BCUT2D eigenvalue weighted by molar-refractivity contribution is 0.0776. The molecular weight excluding hydrogens is 435 g/mol. The molecule has 0 bridgehead atoms. The first-order valence-electron chi connectivity index (χ1n) is 9.20. The maximum absolute atomic E-state index is 13.3. The molecule has 1 aliphatic rings. The summed E-state index contributed by atoms with van der Waals surface area (Å²) in [4.78, 5) is 13.9. The number of nitrogens with zero attached hydrogens (tertiary/aromatic N) is 4. The molecular formula is C18H20ClFN6O3S. The number of aromatic amines is 1. The maximum atomic E-state index is 13.3. The van der Waals surface area contributed by atoms with Crippen LogP contribution in [0, 0.1) is 23.2 Å². The van der Waals surface area contributed by atoms with E-state index < -0.39 is 22.7 Å². The number of nitrogens with one attached hydrogen (secondary N) is 2. The van der Waals surface area contributed by atoms with E-state index in [1.54, 1.807) is 11.0 Å². The molecule has 2 heterocycles. The summed E-state index contributed by atoms with van der Waals surface area (Å²) in [6, 6.07) is 5.16. The molecule has 1 fully saturated rings. The fraction of sp³-hybridized carbons (Fsp3) is 0.444. The lowest BCUT2D eigenvalue weighted by Crippen LogP contribution is -2.43. The minimum Gasteiger partial charge on any atom is -0.337 e. The van der Waals surface area contributed by atoms with Crippen LogP contribution in [0.15, 0.2) is 29.3 Å². The number of sulfonamides is 1. The number of alkyl halides is 1. The molecule has 1 aromatic heterocycles. The SMILES string of the molecule is C[C@@H]1CN(C(=O)c2cnn[nH]2)C[C@@H]1[C@@H](CCF)NS(=O)(=O)c1cccc(Cl)c1C#N. The zero-order chi connectivity index (χ0) is 21.9. The van der Waals surface area contributed by atoms with E-state index in [0.717, 1.165) is 0 Å². The van der Waals surface area contributed by atoms with Gasteiger partial charge in [-0.2, -0.15) is 5.26 Å². The molecule has 12 heteroatoms. The summed E-state index contributed by atoms with van der Waals surface area (Å²) in [6.07, 6.45) is 1.25. The Morgan fingerprint density at radius 2 is 2.27 bits per heavy atom. The molecule has 9 nitrogen and oxygen atoms in total. The van der Waals surface area contributed by atoms with E-state index in [4.69, 9.17) is 11.6 Å². The number of rotatable bonds is 7. The molecule has 2 aromatic rings. The van der Waals surface area contributed by atoms with Crippen molar-refractivity contribution in [2.75, 3.05) is 19.8 Å². The average molecular weight is 455 g/mol. The van der Waals surface area contributed by atoms with Crippen molar-refractivity contribution in [1.82, 2.24) is 25.0 Å². The van der Waals surface area contributed by atoms with Gasteiger partial charge in [0.1, 0.15) is 16.7 Å². The molecule has 3 rings (SSSR count). The van der Waals surface area contributed by atoms with Crippen LogP contribution < -0.4 is 4.72 Å². The van der Waals surface area contributed by atoms with Gasteiger partial charge in [0.15, 0.2) is 0 Å². The highest BCUT2D eigenvalue weighted by molar-refractivity contribution is 7.89. The quantitative estimate of drug-likeness (QED) is 0.655. The molecule has 0 saturated carbocycles. The molecule has 0 aliphatic carbocycles. The Labute approximate surface area is 178 Å². The van der Waals surface area contributed by atoms with E-state index in [-0.39, 0.29) is 51.9 Å². The van der Waals surface area contributed by atoms with Gasteiger partial charge in [0, 0.05) is 19.1 Å². The van der Waals surface area contributed by atoms with Crippen molar-refractivity contribution in [3.8, 4) is 6.07 Å². The van der Waals surface area contributed by atoms with Gasteiger partial charge in [-0.3, -0.25) is 14.3 Å². The topological polar surface area (TPSA) is 132 Å². The summed E-state index contributed by atoms with van der Waals surface area (Å²) in [5.41, 5.74) is 0.0525. The molecule has 1 aromatic carbocycles. The number of aromatic nitrogens is 3. The summed E-state index contributed by atoms with van der Waals surface area (Å²) in [7, 11) is -4.14. The predicted octanol–water partition coefficient (Wildman–Crippen LogP) is 1.74. The number of amides is 1. The fourth-order valence-electron chi connectivity index (χ4n) is 3.73. The van der Waals surface area contributed by atoms with Crippen molar-refractivity contribution in [2.24, 2.45) is 11.8 Å². The maximum Gasteiger partial charge on any atom is 0.273 e. The van der Waals surface area contributed by atoms with Crippen LogP contribution in [0.3, 0.4) is 0 Å². The van der Waals surface area contributed by atoms with Crippen molar-refractivity contribution in [1.29, 1.82) is 5.26 Å². The highest BCUT2D eigenvalue weighted by Gasteiger charge is 2.39. The van der Waals surface area contributed by atoms with Crippen LogP contribution in [0.25, 0.3) is 0 Å². The van der Waals surface area contributed by atoms with Gasteiger partial charge in [-0.1, -0.05) is 29.8 Å². The minimum atomic E-state index is -4.14. The predicted molar refractivity (Wildman–Crippen MR) is 106 cm³/mol. The number of benzene rings is 1. The Balaban J connectivity index is 1.83. The second-order valence-electron chi connectivity index (χ2n) is 7.15. The molecule has 30 heavy (non-hydrogen) atoms. The zero-order valence-corrected chi connectivity index (χ0v) is 17.6. The number of carbonyl (C=O) groups excluding carboxylic acids is 1. The normalized spacial score (nSPS) is 20.1. The lowest BCUT2D eigenvalue weighted by Gasteiger charge is -2.26. The summed E-state index contributed by atoms with van der Waals surface area (Å²) in [6.45, 7) is 1.76. The largest absolute Gasteiger partial charge is 0.337 e. The number of hydrogen-bond donors (Lipinski definition) is 2. The first-order valence-corrected chi connectivity index (χ1v) is 11.1. The monoisotopic (exact) mass is 454 g/mol. The van der Waals surface area contributed by atoms with Gasteiger partial charge in [0.2, 0.25) is 10.0 Å². The first-order chi connectivity index (χ1) is 14.3. The van der Waals surface area contributed by atoms with Crippen LogP contribution in [-0.4, -0.2) is 60.4 Å². The van der Waals surface area contributed by atoms with Crippen molar-refractivity contribution in [3.05, 3.63) is 40.7 Å². The Morgan fingerprint density at radius 3 is 2.90 bits per heavy atom. The van der Waals surface area contributed by atoms with Crippen LogP contribution in [0.1, 0.15) is 29.4 Å². The van der Waals surface area contributed by atoms with Gasteiger partial charge in [0.25, 0.3) is 5.91 Å². The third-order valence-corrected chi connectivity index (χ3v) is 7.07. The smallest absolute Gasteiger partial charge is 0.273 e. The van der Waals surface area contributed by atoms with Crippen molar-refractivity contribution in [2.45, 2.75) is 24.3 Å². The Morgan fingerprint density at radius 1 is 1.50 bits per heavy atom. The second-order valence-corrected chi connectivity index (χ2v) is 9.24. The van der Waals surface area contributed by atoms with E-state index in [1.807, 2.05) is 6.92 Å². The van der Waals surface area contributed by atoms with Gasteiger partial charge in [-0.05, 0) is 30.4 Å². The molecule has 2 N–H and O–H groups in total. The summed E-state index contributed by atoms with van der Waals surface area (Å²) >= 11 is 5.95. The standard InChI is InChI=1S/C18H20ClFN6O3S/c1-11-9-26(18(27)16-8-22-25-23-16)10-13(11)15(5-6-20)24-30(28,29)17-4-2-3-14(19)12(17)7-21/h2-4,8,11,13,15,24H,5-6,9-10H2,1H3,(H,22,23,25)/t11-,13+,15-/m1/s1. The van der Waals surface area contributed by atoms with E-state index in [9.17, 15) is 22.9 Å². The molecule has 1 amide bonds. The Bertz CT molecular complexity index is 1060. The van der Waals surface area contributed by atoms with Crippen LogP contribution >= 0.6 is 11.6 Å². The number of nitriles is 1.